The fourth-order valence-corrected chi connectivity index (χ4v) is 3.85. The maximum Gasteiger partial charge on any atom is 0.119 e. The predicted octanol–water partition coefficient (Wildman–Crippen LogP) is 4.94. The van der Waals surface area contributed by atoms with Crippen LogP contribution in [0.4, 0.5) is 0 Å². The van der Waals surface area contributed by atoms with E-state index in [1.807, 2.05) is 36.5 Å². The number of benzene rings is 2. The molecule has 0 spiro atoms. The van der Waals surface area contributed by atoms with Gasteiger partial charge in [-0.1, -0.05) is 36.4 Å². The zero-order chi connectivity index (χ0) is 22.3. The van der Waals surface area contributed by atoms with E-state index in [1.54, 1.807) is 0 Å². The van der Waals surface area contributed by atoms with Crippen LogP contribution in [0.2, 0.25) is 0 Å². The SMILES string of the molecule is C(=Cc1cc(C=Cc2ccc3cc[nH]c3c2)[nH]n1)c1ccc(OCCN2CCOCC2)cc1. The second kappa shape index (κ2) is 10.3. The van der Waals surface area contributed by atoms with E-state index in [9.17, 15) is 0 Å². The summed E-state index contributed by atoms with van der Waals surface area (Å²) in [5, 5.41) is 8.67. The number of H-pyrrole nitrogens is 2. The molecule has 6 heteroatoms. The van der Waals surface area contributed by atoms with Gasteiger partial charge in [0.15, 0.2) is 0 Å². The number of aromatic amines is 2. The molecule has 2 aromatic heterocycles. The number of morpholine rings is 1. The summed E-state index contributed by atoms with van der Waals surface area (Å²) in [5.74, 6) is 0.894. The predicted molar refractivity (Wildman–Crippen MR) is 134 cm³/mol. The van der Waals surface area contributed by atoms with Gasteiger partial charge in [0.05, 0.1) is 24.6 Å². The Hall–Kier alpha value is -3.61. The monoisotopic (exact) mass is 440 g/mol. The van der Waals surface area contributed by atoms with E-state index in [2.05, 4.69) is 68.6 Å². The summed E-state index contributed by atoms with van der Waals surface area (Å²) in [5.41, 5.74) is 5.24. The van der Waals surface area contributed by atoms with Crippen molar-refractivity contribution in [2.75, 3.05) is 39.5 Å². The molecule has 6 nitrogen and oxygen atoms in total. The number of nitrogens with zero attached hydrogens (tertiary/aromatic N) is 2. The fraction of sp³-hybridized carbons (Fsp3) is 0.222. The first-order chi connectivity index (χ1) is 16.3. The van der Waals surface area contributed by atoms with Crippen LogP contribution in [-0.2, 0) is 4.74 Å². The minimum atomic E-state index is 0.692. The number of rotatable bonds is 8. The molecule has 5 rings (SSSR count). The van der Waals surface area contributed by atoms with Crippen molar-refractivity contribution < 1.29 is 9.47 Å². The van der Waals surface area contributed by atoms with Crippen molar-refractivity contribution in [1.29, 1.82) is 0 Å². The summed E-state index contributed by atoms with van der Waals surface area (Å²) in [6.45, 7) is 5.24. The fourth-order valence-electron chi connectivity index (χ4n) is 3.85. The Morgan fingerprint density at radius 3 is 2.61 bits per heavy atom. The van der Waals surface area contributed by atoms with Crippen molar-refractivity contribution in [3.63, 3.8) is 0 Å². The molecule has 0 unspecified atom stereocenters. The van der Waals surface area contributed by atoms with Gasteiger partial charge in [-0.3, -0.25) is 10.00 Å². The topological polar surface area (TPSA) is 66.2 Å². The zero-order valence-electron chi connectivity index (χ0n) is 18.5. The number of ether oxygens (including phenoxy) is 2. The number of nitrogens with one attached hydrogen (secondary N) is 2. The standard InChI is InChI=1S/C27H28N4O2/c1-6-23-11-12-28-27(23)19-22(1)3-8-25-20-24(29-30-25)7-2-21-4-9-26(10-5-21)33-18-15-31-13-16-32-17-14-31/h1-12,19-20,28H,13-18H2,(H,29,30). The van der Waals surface area contributed by atoms with Gasteiger partial charge in [0, 0.05) is 31.3 Å². The molecule has 0 atom stereocenters. The summed E-state index contributed by atoms with van der Waals surface area (Å²) in [6.07, 6.45) is 10.1. The van der Waals surface area contributed by atoms with Crippen molar-refractivity contribution in [2.24, 2.45) is 0 Å². The quantitative estimate of drug-likeness (QED) is 0.407. The van der Waals surface area contributed by atoms with Gasteiger partial charge in [0.2, 0.25) is 0 Å². The van der Waals surface area contributed by atoms with E-state index in [-0.39, 0.29) is 0 Å². The van der Waals surface area contributed by atoms with E-state index >= 15 is 0 Å². The normalized spacial score (nSPS) is 15.2. The van der Waals surface area contributed by atoms with Crippen LogP contribution in [0.25, 0.3) is 35.2 Å². The molecule has 1 fully saturated rings. The average molecular weight is 441 g/mol. The van der Waals surface area contributed by atoms with Crippen LogP contribution in [0.1, 0.15) is 22.5 Å². The number of fused-ring (bicyclic) bond motifs is 1. The first-order valence-corrected chi connectivity index (χ1v) is 11.3. The summed E-state index contributed by atoms with van der Waals surface area (Å²) in [7, 11) is 0. The lowest BCUT2D eigenvalue weighted by Gasteiger charge is -2.26. The van der Waals surface area contributed by atoms with Crippen molar-refractivity contribution in [3.8, 4) is 5.75 Å². The molecule has 33 heavy (non-hydrogen) atoms. The lowest BCUT2D eigenvalue weighted by atomic mass is 10.1. The molecule has 2 N–H and O–H groups in total. The summed E-state index contributed by atoms with van der Waals surface area (Å²) < 4.78 is 11.3. The first kappa shape index (κ1) is 21.2. The molecule has 0 aliphatic carbocycles. The third kappa shape index (κ3) is 5.80. The molecule has 0 radical (unpaired) electrons. The van der Waals surface area contributed by atoms with E-state index in [1.165, 1.54) is 5.39 Å². The van der Waals surface area contributed by atoms with E-state index in [0.29, 0.717) is 6.61 Å². The molecule has 0 amide bonds. The van der Waals surface area contributed by atoms with Gasteiger partial charge in [-0.25, -0.2) is 0 Å². The van der Waals surface area contributed by atoms with Gasteiger partial charge in [-0.2, -0.15) is 5.10 Å². The van der Waals surface area contributed by atoms with Crippen molar-refractivity contribution >= 4 is 35.2 Å². The molecular weight excluding hydrogens is 412 g/mol. The van der Waals surface area contributed by atoms with E-state index < -0.39 is 0 Å². The van der Waals surface area contributed by atoms with Gasteiger partial charge in [-0.05, 0) is 59.0 Å². The molecule has 1 saturated heterocycles. The van der Waals surface area contributed by atoms with Crippen LogP contribution in [-0.4, -0.2) is 59.5 Å². The van der Waals surface area contributed by atoms with Crippen molar-refractivity contribution in [2.45, 2.75) is 0 Å². The van der Waals surface area contributed by atoms with E-state index in [0.717, 1.165) is 66.6 Å². The molecule has 168 valence electrons. The third-order valence-corrected chi connectivity index (χ3v) is 5.76. The smallest absolute Gasteiger partial charge is 0.119 e. The van der Waals surface area contributed by atoms with Crippen molar-refractivity contribution in [1.82, 2.24) is 20.1 Å². The Bertz CT molecular complexity index is 1230. The molecular formula is C27H28N4O2. The van der Waals surface area contributed by atoms with Gasteiger partial charge in [0.25, 0.3) is 0 Å². The van der Waals surface area contributed by atoms with Gasteiger partial charge in [0.1, 0.15) is 12.4 Å². The highest BCUT2D eigenvalue weighted by Crippen LogP contribution is 2.17. The Morgan fingerprint density at radius 1 is 0.909 bits per heavy atom. The summed E-state index contributed by atoms with van der Waals surface area (Å²) >= 11 is 0. The minimum absolute atomic E-state index is 0.692. The Morgan fingerprint density at radius 2 is 1.73 bits per heavy atom. The van der Waals surface area contributed by atoms with Gasteiger partial charge < -0.3 is 14.5 Å². The maximum absolute atomic E-state index is 5.88. The molecule has 2 aromatic carbocycles. The van der Waals surface area contributed by atoms with Gasteiger partial charge >= 0.3 is 0 Å². The largest absolute Gasteiger partial charge is 0.492 e. The lowest BCUT2D eigenvalue weighted by Crippen LogP contribution is -2.38. The van der Waals surface area contributed by atoms with Crippen LogP contribution in [0, 0.1) is 0 Å². The Labute approximate surface area is 193 Å². The van der Waals surface area contributed by atoms with Crippen LogP contribution < -0.4 is 4.74 Å². The lowest BCUT2D eigenvalue weighted by molar-refractivity contribution is 0.0322. The second-order valence-corrected chi connectivity index (χ2v) is 8.11. The second-order valence-electron chi connectivity index (χ2n) is 8.11. The number of hydrogen-bond donors (Lipinski definition) is 2. The Balaban J connectivity index is 1.13. The summed E-state index contributed by atoms with van der Waals surface area (Å²) in [4.78, 5) is 5.61. The highest BCUT2D eigenvalue weighted by Gasteiger charge is 2.09. The molecule has 3 heterocycles. The van der Waals surface area contributed by atoms with Crippen LogP contribution in [0.5, 0.6) is 5.75 Å². The zero-order valence-corrected chi connectivity index (χ0v) is 18.5. The maximum atomic E-state index is 5.88. The molecule has 0 bridgehead atoms. The first-order valence-electron chi connectivity index (χ1n) is 11.3. The number of aromatic nitrogens is 3. The van der Waals surface area contributed by atoms with Crippen LogP contribution in [0.3, 0.4) is 0 Å². The van der Waals surface area contributed by atoms with Crippen LogP contribution >= 0.6 is 0 Å². The van der Waals surface area contributed by atoms with Gasteiger partial charge in [-0.15, -0.1) is 0 Å². The minimum Gasteiger partial charge on any atom is -0.492 e. The molecule has 1 aliphatic rings. The highest BCUT2D eigenvalue weighted by molar-refractivity contribution is 5.83. The third-order valence-electron chi connectivity index (χ3n) is 5.76. The van der Waals surface area contributed by atoms with Crippen LogP contribution in [0.15, 0.2) is 60.8 Å². The Kier molecular flexibility index (Phi) is 6.66. The summed E-state index contributed by atoms with van der Waals surface area (Å²) in [6, 6.07) is 18.6. The molecule has 0 saturated carbocycles. The van der Waals surface area contributed by atoms with E-state index in [4.69, 9.17) is 9.47 Å². The molecule has 4 aromatic rings. The average Bonchev–Trinajstić information content (AvgIpc) is 3.52. The number of hydrogen-bond acceptors (Lipinski definition) is 4. The highest BCUT2D eigenvalue weighted by atomic mass is 16.5. The van der Waals surface area contributed by atoms with Crippen molar-refractivity contribution in [3.05, 3.63) is 83.3 Å². The molecule has 1 aliphatic heterocycles.